The van der Waals surface area contributed by atoms with Crippen LogP contribution in [0.3, 0.4) is 0 Å². The van der Waals surface area contributed by atoms with E-state index in [1.165, 1.54) is 0 Å². The zero-order chi connectivity index (χ0) is 20.1. The maximum absolute atomic E-state index is 12.7. The molecule has 8 nitrogen and oxygen atoms in total. The second-order valence-corrected chi connectivity index (χ2v) is 6.91. The van der Waals surface area contributed by atoms with Gasteiger partial charge in [-0.15, -0.1) is 0 Å². The van der Waals surface area contributed by atoms with E-state index >= 15 is 0 Å². The molecule has 0 bridgehead atoms. The lowest BCUT2D eigenvalue weighted by molar-refractivity contribution is -0.133. The van der Waals surface area contributed by atoms with E-state index in [1.54, 1.807) is 36.6 Å². The fourth-order valence-corrected chi connectivity index (χ4v) is 3.51. The van der Waals surface area contributed by atoms with Crippen LogP contribution in [0.4, 0.5) is 0 Å². The summed E-state index contributed by atoms with van der Waals surface area (Å²) in [7, 11) is 1.62. The molecule has 1 atom stereocenters. The van der Waals surface area contributed by atoms with Gasteiger partial charge in [-0.2, -0.15) is 5.10 Å². The fourth-order valence-electron chi connectivity index (χ4n) is 3.51. The lowest BCUT2D eigenvalue weighted by Gasteiger charge is -2.32. The summed E-state index contributed by atoms with van der Waals surface area (Å²) in [5, 5.41) is 4.12. The Kier molecular flexibility index (Phi) is 5.69. The third-order valence-electron chi connectivity index (χ3n) is 4.98. The molecule has 29 heavy (non-hydrogen) atoms. The van der Waals surface area contributed by atoms with Crippen molar-refractivity contribution in [2.24, 2.45) is 0 Å². The summed E-state index contributed by atoms with van der Waals surface area (Å²) in [6, 6.07) is 9.15. The minimum Gasteiger partial charge on any atom is -0.497 e. The molecule has 2 aromatic heterocycles. The number of hydrogen-bond acceptors (Lipinski definition) is 6. The van der Waals surface area contributed by atoms with Crippen LogP contribution >= 0.6 is 0 Å². The summed E-state index contributed by atoms with van der Waals surface area (Å²) in [5.41, 5.74) is 0.778. The topological polar surface area (TPSA) is 82.4 Å². The first-order chi connectivity index (χ1) is 14.2. The minimum absolute atomic E-state index is 0.0555. The van der Waals surface area contributed by atoms with Crippen LogP contribution in [0, 0.1) is 0 Å². The van der Waals surface area contributed by atoms with Crippen molar-refractivity contribution in [3.63, 3.8) is 0 Å². The van der Waals surface area contributed by atoms with Gasteiger partial charge in [-0.1, -0.05) is 0 Å². The van der Waals surface area contributed by atoms with E-state index in [0.29, 0.717) is 18.2 Å². The van der Waals surface area contributed by atoms with Crippen LogP contribution in [0.1, 0.15) is 24.5 Å². The van der Waals surface area contributed by atoms with Crippen LogP contribution in [0.5, 0.6) is 17.4 Å². The number of carbonyl (C=O) groups is 1. The van der Waals surface area contributed by atoms with Gasteiger partial charge in [0, 0.05) is 43.8 Å². The molecular formula is C21H23N5O3. The van der Waals surface area contributed by atoms with E-state index in [2.05, 4.69) is 15.1 Å². The van der Waals surface area contributed by atoms with Crippen molar-refractivity contribution in [1.29, 1.82) is 0 Å². The second-order valence-electron chi connectivity index (χ2n) is 6.91. The Morgan fingerprint density at radius 2 is 1.93 bits per heavy atom. The molecule has 1 fully saturated rings. The molecule has 1 saturated heterocycles. The smallest absolute Gasteiger partial charge is 0.244 e. The van der Waals surface area contributed by atoms with Crippen molar-refractivity contribution >= 4 is 5.91 Å². The van der Waals surface area contributed by atoms with Gasteiger partial charge in [0.25, 0.3) is 0 Å². The number of ether oxygens (including phenoxy) is 2. The third kappa shape index (κ3) is 4.53. The van der Waals surface area contributed by atoms with Crippen molar-refractivity contribution in [1.82, 2.24) is 24.6 Å². The van der Waals surface area contributed by atoms with Gasteiger partial charge in [0.05, 0.1) is 7.11 Å². The average Bonchev–Trinajstić information content (AvgIpc) is 3.28. The zero-order valence-corrected chi connectivity index (χ0v) is 16.3. The molecule has 4 rings (SSSR count). The van der Waals surface area contributed by atoms with Crippen molar-refractivity contribution in [2.75, 3.05) is 20.2 Å². The standard InChI is InChI=1S/C21H23N5O3/c1-28-17-5-7-18(8-6-17)29-21-20(22-10-11-23-21)16-4-2-12-25(14-16)19(27)15-26-13-3-9-24-26/h3,5-11,13,16H,2,4,12,14-15H2,1H3/t16-/m1/s1. The van der Waals surface area contributed by atoms with E-state index in [1.807, 2.05) is 35.2 Å². The Labute approximate surface area is 169 Å². The van der Waals surface area contributed by atoms with Gasteiger partial charge in [0.2, 0.25) is 11.8 Å². The predicted octanol–water partition coefficient (Wildman–Crippen LogP) is 2.88. The van der Waals surface area contributed by atoms with Gasteiger partial charge >= 0.3 is 0 Å². The summed E-state index contributed by atoms with van der Waals surface area (Å²) >= 11 is 0. The lowest BCUT2D eigenvalue weighted by Crippen LogP contribution is -2.41. The summed E-state index contributed by atoms with van der Waals surface area (Å²) in [6.07, 6.45) is 8.60. The second kappa shape index (κ2) is 8.72. The minimum atomic E-state index is 0.0555. The lowest BCUT2D eigenvalue weighted by atomic mass is 9.94. The van der Waals surface area contributed by atoms with Gasteiger partial charge in [-0.25, -0.2) is 4.98 Å². The zero-order valence-electron chi connectivity index (χ0n) is 16.3. The van der Waals surface area contributed by atoms with Gasteiger partial charge in [0.15, 0.2) is 0 Å². The molecule has 0 radical (unpaired) electrons. The first-order valence-electron chi connectivity index (χ1n) is 9.61. The van der Waals surface area contributed by atoms with E-state index in [9.17, 15) is 4.79 Å². The highest BCUT2D eigenvalue weighted by molar-refractivity contribution is 5.76. The first kappa shape index (κ1) is 18.9. The molecule has 1 aliphatic rings. The quantitative estimate of drug-likeness (QED) is 0.640. The first-order valence-corrected chi connectivity index (χ1v) is 9.61. The molecule has 1 aliphatic heterocycles. The summed E-state index contributed by atoms with van der Waals surface area (Å²) in [6.45, 7) is 1.58. The Balaban J connectivity index is 1.48. The van der Waals surface area contributed by atoms with Crippen molar-refractivity contribution in [2.45, 2.75) is 25.3 Å². The van der Waals surface area contributed by atoms with Gasteiger partial charge in [-0.3, -0.25) is 14.5 Å². The van der Waals surface area contributed by atoms with Crippen LogP contribution < -0.4 is 9.47 Å². The van der Waals surface area contributed by atoms with E-state index in [0.717, 1.165) is 30.8 Å². The number of methoxy groups -OCH3 is 1. The van der Waals surface area contributed by atoms with Crippen LogP contribution in [-0.4, -0.2) is 50.8 Å². The van der Waals surface area contributed by atoms with E-state index < -0.39 is 0 Å². The molecule has 0 unspecified atom stereocenters. The number of likely N-dealkylation sites (tertiary alicyclic amines) is 1. The highest BCUT2D eigenvalue weighted by Gasteiger charge is 2.28. The monoisotopic (exact) mass is 393 g/mol. The largest absolute Gasteiger partial charge is 0.497 e. The average molecular weight is 393 g/mol. The Morgan fingerprint density at radius 3 is 2.69 bits per heavy atom. The molecule has 150 valence electrons. The van der Waals surface area contributed by atoms with E-state index in [-0.39, 0.29) is 18.4 Å². The summed E-state index contributed by atoms with van der Waals surface area (Å²) < 4.78 is 12.8. The highest BCUT2D eigenvalue weighted by atomic mass is 16.5. The fraction of sp³-hybridized carbons (Fsp3) is 0.333. The number of nitrogens with zero attached hydrogens (tertiary/aromatic N) is 5. The molecule has 8 heteroatoms. The highest BCUT2D eigenvalue weighted by Crippen LogP contribution is 2.33. The Bertz CT molecular complexity index is 943. The van der Waals surface area contributed by atoms with Gasteiger partial charge in [0.1, 0.15) is 23.7 Å². The number of hydrogen-bond donors (Lipinski definition) is 0. The van der Waals surface area contributed by atoms with Gasteiger partial charge in [-0.05, 0) is 43.2 Å². The Hall–Kier alpha value is -3.42. The van der Waals surface area contributed by atoms with Crippen LogP contribution in [-0.2, 0) is 11.3 Å². The van der Waals surface area contributed by atoms with Gasteiger partial charge < -0.3 is 14.4 Å². The van der Waals surface area contributed by atoms with Crippen molar-refractivity contribution < 1.29 is 14.3 Å². The molecule has 0 saturated carbocycles. The molecule has 0 spiro atoms. The molecule has 1 amide bonds. The molecule has 1 aromatic carbocycles. The number of carbonyl (C=O) groups excluding carboxylic acids is 1. The maximum Gasteiger partial charge on any atom is 0.244 e. The molecule has 3 aromatic rings. The molecule has 0 N–H and O–H groups in total. The van der Waals surface area contributed by atoms with Crippen molar-refractivity contribution in [3.8, 4) is 17.4 Å². The molecule has 3 heterocycles. The van der Waals surface area contributed by atoms with Crippen molar-refractivity contribution in [3.05, 3.63) is 60.8 Å². The number of benzene rings is 1. The summed E-state index contributed by atoms with van der Waals surface area (Å²) in [5.74, 6) is 2.03. The number of aromatic nitrogens is 4. The van der Waals surface area contributed by atoms with Crippen LogP contribution in [0.25, 0.3) is 0 Å². The number of rotatable bonds is 6. The Morgan fingerprint density at radius 1 is 1.14 bits per heavy atom. The maximum atomic E-state index is 12.7. The summed E-state index contributed by atoms with van der Waals surface area (Å²) in [4.78, 5) is 23.5. The third-order valence-corrected chi connectivity index (χ3v) is 4.98. The SMILES string of the molecule is COc1ccc(Oc2nccnc2[C@@H]2CCCN(C(=O)Cn3cccn3)C2)cc1. The van der Waals surface area contributed by atoms with Crippen LogP contribution in [0.2, 0.25) is 0 Å². The molecular weight excluding hydrogens is 370 g/mol. The number of amides is 1. The van der Waals surface area contributed by atoms with E-state index in [4.69, 9.17) is 9.47 Å². The van der Waals surface area contributed by atoms with Crippen LogP contribution in [0.15, 0.2) is 55.1 Å². The molecule has 0 aliphatic carbocycles. The predicted molar refractivity (Wildman–Crippen MR) is 106 cm³/mol. The number of piperidine rings is 1. The normalized spacial score (nSPS) is 16.4.